The lowest BCUT2D eigenvalue weighted by Gasteiger charge is -2.14. The van der Waals surface area contributed by atoms with Crippen LogP contribution in [0.5, 0.6) is 0 Å². The maximum atomic E-state index is 12.2. The minimum atomic E-state index is -0.133. The van der Waals surface area contributed by atoms with Gasteiger partial charge in [-0.1, -0.05) is 11.6 Å². The number of nitrogens with one attached hydrogen (secondary N) is 1. The number of carbonyl (C=O) groups excluding carboxylic acids is 1. The van der Waals surface area contributed by atoms with E-state index in [4.69, 9.17) is 11.6 Å². The molecule has 1 N–H and O–H groups in total. The van der Waals surface area contributed by atoms with Crippen molar-refractivity contribution < 1.29 is 4.79 Å². The van der Waals surface area contributed by atoms with E-state index in [-0.39, 0.29) is 5.91 Å². The maximum Gasteiger partial charge on any atom is 0.271 e. The first-order valence-electron chi connectivity index (χ1n) is 6.87. The van der Waals surface area contributed by atoms with Crippen molar-refractivity contribution in [2.24, 2.45) is 0 Å². The number of amides is 1. The summed E-state index contributed by atoms with van der Waals surface area (Å²) in [4.78, 5) is 14.5. The summed E-state index contributed by atoms with van der Waals surface area (Å²) in [6, 6.07) is 0. The standard InChI is InChI=1S/C13H21ClN4O/c1-3-18-12(11(14)10(2)16-18)13(19)15-6-9-17-7-4-5-8-17/h3-9H2,1-2H3,(H,15,19). The molecular formula is C13H21ClN4O. The number of likely N-dealkylation sites (tertiary alicyclic amines) is 1. The molecule has 19 heavy (non-hydrogen) atoms. The number of aryl methyl sites for hydroxylation is 2. The van der Waals surface area contributed by atoms with Crippen molar-refractivity contribution in [2.45, 2.75) is 33.2 Å². The SMILES string of the molecule is CCn1nc(C)c(Cl)c1C(=O)NCCN1CCCC1. The molecule has 1 aromatic heterocycles. The highest BCUT2D eigenvalue weighted by atomic mass is 35.5. The molecule has 0 aliphatic carbocycles. The Balaban J connectivity index is 1.92. The molecule has 0 saturated carbocycles. The number of aromatic nitrogens is 2. The van der Waals surface area contributed by atoms with Crippen LogP contribution in [0, 0.1) is 6.92 Å². The third-order valence-electron chi connectivity index (χ3n) is 3.48. The Bertz CT molecular complexity index is 452. The van der Waals surface area contributed by atoms with Crippen molar-refractivity contribution in [1.82, 2.24) is 20.0 Å². The van der Waals surface area contributed by atoms with E-state index in [0.29, 0.717) is 29.5 Å². The molecule has 1 aliphatic rings. The average molecular weight is 285 g/mol. The van der Waals surface area contributed by atoms with Gasteiger partial charge in [0, 0.05) is 19.6 Å². The highest BCUT2D eigenvalue weighted by Gasteiger charge is 2.19. The van der Waals surface area contributed by atoms with Crippen molar-refractivity contribution in [2.75, 3.05) is 26.2 Å². The van der Waals surface area contributed by atoms with E-state index in [1.807, 2.05) is 13.8 Å². The molecule has 1 fully saturated rings. The van der Waals surface area contributed by atoms with Crippen molar-refractivity contribution in [1.29, 1.82) is 0 Å². The Kier molecular flexibility index (Phi) is 4.82. The summed E-state index contributed by atoms with van der Waals surface area (Å²) in [6.45, 7) is 8.25. The average Bonchev–Trinajstić information content (AvgIpc) is 2.99. The highest BCUT2D eigenvalue weighted by molar-refractivity contribution is 6.34. The zero-order chi connectivity index (χ0) is 13.8. The van der Waals surface area contributed by atoms with E-state index in [1.165, 1.54) is 12.8 Å². The summed E-state index contributed by atoms with van der Waals surface area (Å²) in [5, 5.41) is 7.64. The lowest BCUT2D eigenvalue weighted by atomic mass is 10.3. The summed E-state index contributed by atoms with van der Waals surface area (Å²) >= 11 is 6.14. The van der Waals surface area contributed by atoms with Gasteiger partial charge < -0.3 is 10.2 Å². The third kappa shape index (κ3) is 3.28. The molecule has 0 aromatic carbocycles. The summed E-state index contributed by atoms with van der Waals surface area (Å²) in [5.74, 6) is -0.133. The fourth-order valence-electron chi connectivity index (χ4n) is 2.42. The fourth-order valence-corrected chi connectivity index (χ4v) is 2.64. The Morgan fingerprint density at radius 1 is 1.42 bits per heavy atom. The zero-order valence-corrected chi connectivity index (χ0v) is 12.3. The first-order chi connectivity index (χ1) is 9.13. The zero-order valence-electron chi connectivity index (χ0n) is 11.6. The smallest absolute Gasteiger partial charge is 0.271 e. The number of hydrogen-bond acceptors (Lipinski definition) is 3. The lowest BCUT2D eigenvalue weighted by Crippen LogP contribution is -2.34. The number of hydrogen-bond donors (Lipinski definition) is 1. The van der Waals surface area contributed by atoms with Gasteiger partial charge in [-0.3, -0.25) is 9.48 Å². The number of nitrogens with zero attached hydrogens (tertiary/aromatic N) is 3. The monoisotopic (exact) mass is 284 g/mol. The van der Waals surface area contributed by atoms with Crippen LogP contribution in [-0.4, -0.2) is 46.8 Å². The molecular weight excluding hydrogens is 264 g/mol. The molecule has 0 atom stereocenters. The normalized spacial score (nSPS) is 15.9. The second-order valence-corrected chi connectivity index (χ2v) is 5.25. The predicted octanol–water partition coefficient (Wildman–Crippen LogP) is 1.69. The summed E-state index contributed by atoms with van der Waals surface area (Å²) in [5.41, 5.74) is 1.18. The molecule has 0 unspecified atom stereocenters. The van der Waals surface area contributed by atoms with Crippen LogP contribution in [0.1, 0.15) is 35.9 Å². The molecule has 2 heterocycles. The Morgan fingerprint density at radius 2 is 2.11 bits per heavy atom. The number of halogens is 1. The van der Waals surface area contributed by atoms with E-state index >= 15 is 0 Å². The molecule has 5 nitrogen and oxygen atoms in total. The predicted molar refractivity (Wildman–Crippen MR) is 75.7 cm³/mol. The maximum absolute atomic E-state index is 12.2. The lowest BCUT2D eigenvalue weighted by molar-refractivity contribution is 0.0939. The van der Waals surface area contributed by atoms with Crippen LogP contribution in [0.25, 0.3) is 0 Å². The topological polar surface area (TPSA) is 50.2 Å². The van der Waals surface area contributed by atoms with Gasteiger partial charge in [0.15, 0.2) is 0 Å². The molecule has 1 saturated heterocycles. The van der Waals surface area contributed by atoms with Crippen molar-refractivity contribution >= 4 is 17.5 Å². The molecule has 0 spiro atoms. The van der Waals surface area contributed by atoms with Gasteiger partial charge in [-0.15, -0.1) is 0 Å². The second kappa shape index (κ2) is 6.39. The second-order valence-electron chi connectivity index (χ2n) is 4.87. The molecule has 1 aromatic rings. The minimum absolute atomic E-state index is 0.133. The quantitative estimate of drug-likeness (QED) is 0.895. The van der Waals surface area contributed by atoms with E-state index in [2.05, 4.69) is 15.3 Å². The van der Waals surface area contributed by atoms with Crippen LogP contribution in [0.15, 0.2) is 0 Å². The third-order valence-corrected chi connectivity index (χ3v) is 3.93. The van der Waals surface area contributed by atoms with Crippen molar-refractivity contribution in [3.05, 3.63) is 16.4 Å². The number of rotatable bonds is 5. The van der Waals surface area contributed by atoms with Gasteiger partial charge in [0.2, 0.25) is 0 Å². The van der Waals surface area contributed by atoms with E-state index < -0.39 is 0 Å². The minimum Gasteiger partial charge on any atom is -0.349 e. The molecule has 0 bridgehead atoms. The molecule has 106 valence electrons. The molecule has 2 rings (SSSR count). The van der Waals surface area contributed by atoms with Gasteiger partial charge in [0.25, 0.3) is 5.91 Å². The van der Waals surface area contributed by atoms with Gasteiger partial charge in [0.05, 0.1) is 10.7 Å². The van der Waals surface area contributed by atoms with Crippen LogP contribution in [0.3, 0.4) is 0 Å². The van der Waals surface area contributed by atoms with Gasteiger partial charge in [-0.25, -0.2) is 0 Å². The molecule has 1 amide bonds. The van der Waals surface area contributed by atoms with Crippen LogP contribution < -0.4 is 5.32 Å². The van der Waals surface area contributed by atoms with Crippen LogP contribution in [0.2, 0.25) is 5.02 Å². The summed E-state index contributed by atoms with van der Waals surface area (Å²) in [6.07, 6.45) is 2.53. The van der Waals surface area contributed by atoms with Gasteiger partial charge in [0.1, 0.15) is 5.69 Å². The fraction of sp³-hybridized carbons (Fsp3) is 0.692. The first-order valence-corrected chi connectivity index (χ1v) is 7.24. The Hall–Kier alpha value is -1.07. The van der Waals surface area contributed by atoms with E-state index in [9.17, 15) is 4.79 Å². The molecule has 0 radical (unpaired) electrons. The van der Waals surface area contributed by atoms with Crippen LogP contribution >= 0.6 is 11.6 Å². The summed E-state index contributed by atoms with van der Waals surface area (Å²) < 4.78 is 1.66. The number of carbonyl (C=O) groups is 1. The van der Waals surface area contributed by atoms with Crippen LogP contribution in [-0.2, 0) is 6.54 Å². The van der Waals surface area contributed by atoms with Gasteiger partial charge in [-0.2, -0.15) is 5.10 Å². The van der Waals surface area contributed by atoms with Crippen molar-refractivity contribution in [3.8, 4) is 0 Å². The molecule has 1 aliphatic heterocycles. The Labute approximate surface area is 118 Å². The molecule has 6 heteroatoms. The van der Waals surface area contributed by atoms with E-state index in [1.54, 1.807) is 4.68 Å². The largest absolute Gasteiger partial charge is 0.349 e. The first kappa shape index (κ1) is 14.3. The van der Waals surface area contributed by atoms with Crippen LogP contribution in [0.4, 0.5) is 0 Å². The van der Waals surface area contributed by atoms with Gasteiger partial charge in [-0.05, 0) is 39.8 Å². The van der Waals surface area contributed by atoms with Gasteiger partial charge >= 0.3 is 0 Å². The van der Waals surface area contributed by atoms with E-state index in [0.717, 1.165) is 19.6 Å². The van der Waals surface area contributed by atoms with Crippen molar-refractivity contribution in [3.63, 3.8) is 0 Å². The highest BCUT2D eigenvalue weighted by Crippen LogP contribution is 2.19. The summed E-state index contributed by atoms with van der Waals surface area (Å²) in [7, 11) is 0. The Morgan fingerprint density at radius 3 is 2.74 bits per heavy atom.